The van der Waals surface area contributed by atoms with Gasteiger partial charge >= 0.3 is 0 Å². The van der Waals surface area contributed by atoms with Crippen LogP contribution in [-0.2, 0) is 6.54 Å². The molecule has 1 amide bonds. The Morgan fingerprint density at radius 2 is 1.89 bits per heavy atom. The van der Waals surface area contributed by atoms with Crippen molar-refractivity contribution in [2.75, 3.05) is 7.05 Å². The summed E-state index contributed by atoms with van der Waals surface area (Å²) in [6, 6.07) is 5.24. The molecule has 0 N–H and O–H groups in total. The molecule has 2 aromatic heterocycles. The minimum Gasteiger partial charge on any atom is -0.337 e. The van der Waals surface area contributed by atoms with E-state index >= 15 is 0 Å². The normalized spacial score (nSPS) is 11.6. The van der Waals surface area contributed by atoms with Crippen LogP contribution in [0.25, 0.3) is 11.0 Å². The molecule has 0 saturated carbocycles. The van der Waals surface area contributed by atoms with Gasteiger partial charge in [-0.1, -0.05) is 19.9 Å². The number of carbonyl (C=O) groups is 1. The van der Waals surface area contributed by atoms with Crippen LogP contribution in [0.4, 0.5) is 8.78 Å². The van der Waals surface area contributed by atoms with Gasteiger partial charge in [-0.05, 0) is 31.9 Å². The Labute approximate surface area is 163 Å². The number of rotatable bonds is 5. The first-order chi connectivity index (χ1) is 13.2. The van der Waals surface area contributed by atoms with E-state index in [1.165, 1.54) is 17.0 Å². The van der Waals surface area contributed by atoms with Crippen LogP contribution in [0.2, 0.25) is 0 Å². The molecule has 1 aromatic carbocycles. The summed E-state index contributed by atoms with van der Waals surface area (Å²) < 4.78 is 28.9. The number of benzene rings is 1. The first-order valence-electron chi connectivity index (χ1n) is 9.26. The lowest BCUT2D eigenvalue weighted by Crippen LogP contribution is -2.27. The van der Waals surface area contributed by atoms with E-state index < -0.39 is 11.6 Å². The number of nitrogens with zero attached hydrogens (tertiary/aromatic N) is 4. The van der Waals surface area contributed by atoms with Crippen molar-refractivity contribution in [1.82, 2.24) is 19.7 Å². The number of hydrogen-bond donors (Lipinski definition) is 0. The molecule has 0 radical (unpaired) electrons. The van der Waals surface area contributed by atoms with E-state index in [1.54, 1.807) is 24.0 Å². The molecule has 3 aromatic rings. The third-order valence-electron chi connectivity index (χ3n) is 4.67. The van der Waals surface area contributed by atoms with E-state index in [-0.39, 0.29) is 30.0 Å². The highest BCUT2D eigenvalue weighted by atomic mass is 19.1. The highest BCUT2D eigenvalue weighted by molar-refractivity contribution is 6.05. The standard InChI is InChI=1S/C21H24F2N4O/c1-12(2)19-9-16(17-10-24-27(13(3)4)20(17)25-19)21(28)26(5)11-14-6-7-15(22)8-18(14)23/h6-10,12-13H,11H2,1-5H3. The Balaban J connectivity index is 2.02. The topological polar surface area (TPSA) is 51.0 Å². The Morgan fingerprint density at radius 1 is 1.18 bits per heavy atom. The van der Waals surface area contributed by atoms with Gasteiger partial charge in [-0.25, -0.2) is 18.4 Å². The molecule has 0 saturated heterocycles. The van der Waals surface area contributed by atoms with Gasteiger partial charge in [-0.15, -0.1) is 0 Å². The lowest BCUT2D eigenvalue weighted by Gasteiger charge is -2.19. The zero-order chi connectivity index (χ0) is 20.6. The summed E-state index contributed by atoms with van der Waals surface area (Å²) in [5, 5.41) is 5.05. The lowest BCUT2D eigenvalue weighted by atomic mass is 10.0. The summed E-state index contributed by atoms with van der Waals surface area (Å²) in [5.41, 5.74) is 2.18. The van der Waals surface area contributed by atoms with Crippen molar-refractivity contribution in [2.24, 2.45) is 0 Å². The monoisotopic (exact) mass is 386 g/mol. The Morgan fingerprint density at radius 3 is 2.50 bits per heavy atom. The van der Waals surface area contributed by atoms with Gasteiger partial charge in [0, 0.05) is 37.0 Å². The van der Waals surface area contributed by atoms with Gasteiger partial charge in [0.1, 0.15) is 11.6 Å². The van der Waals surface area contributed by atoms with E-state index in [0.717, 1.165) is 11.8 Å². The van der Waals surface area contributed by atoms with Crippen LogP contribution in [0.5, 0.6) is 0 Å². The predicted octanol–water partition coefficient (Wildman–Crippen LogP) is 4.69. The number of hydrogen-bond acceptors (Lipinski definition) is 3. The van der Waals surface area contributed by atoms with Crippen LogP contribution in [0.3, 0.4) is 0 Å². The first-order valence-corrected chi connectivity index (χ1v) is 9.26. The van der Waals surface area contributed by atoms with Crippen molar-refractivity contribution in [3.05, 3.63) is 58.9 Å². The van der Waals surface area contributed by atoms with Crippen molar-refractivity contribution in [1.29, 1.82) is 0 Å². The SMILES string of the molecule is CC(C)c1cc(C(=O)N(C)Cc2ccc(F)cc2F)c2cnn(C(C)C)c2n1. The van der Waals surface area contributed by atoms with Crippen LogP contribution < -0.4 is 0 Å². The molecule has 0 aliphatic rings. The molecular formula is C21H24F2N4O. The zero-order valence-corrected chi connectivity index (χ0v) is 16.7. The smallest absolute Gasteiger partial charge is 0.254 e. The summed E-state index contributed by atoms with van der Waals surface area (Å²) in [6.45, 7) is 8.05. The largest absolute Gasteiger partial charge is 0.337 e. The maximum absolute atomic E-state index is 14.0. The molecule has 0 bridgehead atoms. The van der Waals surface area contributed by atoms with Crippen LogP contribution in [-0.4, -0.2) is 32.6 Å². The Bertz CT molecular complexity index is 1030. The maximum atomic E-state index is 14.0. The number of amides is 1. The number of aromatic nitrogens is 3. The van der Waals surface area contributed by atoms with Crippen molar-refractivity contribution >= 4 is 16.9 Å². The van der Waals surface area contributed by atoms with E-state index in [1.807, 2.05) is 27.7 Å². The van der Waals surface area contributed by atoms with Gasteiger partial charge in [-0.3, -0.25) is 4.79 Å². The van der Waals surface area contributed by atoms with Gasteiger partial charge in [0.2, 0.25) is 0 Å². The number of pyridine rings is 1. The van der Waals surface area contributed by atoms with E-state index in [4.69, 9.17) is 4.98 Å². The van der Waals surface area contributed by atoms with Gasteiger partial charge < -0.3 is 4.90 Å². The highest BCUT2D eigenvalue weighted by Gasteiger charge is 2.22. The van der Waals surface area contributed by atoms with Crippen LogP contribution >= 0.6 is 0 Å². The minimum atomic E-state index is -0.671. The highest BCUT2D eigenvalue weighted by Crippen LogP contribution is 2.25. The van der Waals surface area contributed by atoms with Crippen molar-refractivity contribution in [2.45, 2.75) is 46.2 Å². The molecule has 7 heteroatoms. The van der Waals surface area contributed by atoms with Gasteiger partial charge in [-0.2, -0.15) is 5.10 Å². The fourth-order valence-corrected chi connectivity index (χ4v) is 3.07. The lowest BCUT2D eigenvalue weighted by molar-refractivity contribution is 0.0785. The van der Waals surface area contributed by atoms with E-state index in [9.17, 15) is 13.6 Å². The molecule has 3 rings (SSSR count). The molecule has 0 unspecified atom stereocenters. The zero-order valence-electron chi connectivity index (χ0n) is 16.7. The summed E-state index contributed by atoms with van der Waals surface area (Å²) >= 11 is 0. The fraction of sp³-hybridized carbons (Fsp3) is 0.381. The third kappa shape index (κ3) is 3.74. The van der Waals surface area contributed by atoms with Crippen LogP contribution in [0.15, 0.2) is 30.5 Å². The molecule has 2 heterocycles. The average molecular weight is 386 g/mol. The molecule has 0 spiro atoms. The van der Waals surface area contributed by atoms with E-state index in [2.05, 4.69) is 5.10 Å². The number of halogens is 2. The maximum Gasteiger partial charge on any atom is 0.254 e. The molecular weight excluding hydrogens is 362 g/mol. The number of fused-ring (bicyclic) bond motifs is 1. The average Bonchev–Trinajstić information content (AvgIpc) is 3.06. The summed E-state index contributed by atoms with van der Waals surface area (Å²) in [6.07, 6.45) is 1.64. The predicted molar refractivity (Wildman–Crippen MR) is 104 cm³/mol. The van der Waals surface area contributed by atoms with Crippen LogP contribution in [0.1, 0.15) is 61.3 Å². The molecule has 0 fully saturated rings. The van der Waals surface area contributed by atoms with Gasteiger partial charge in [0.15, 0.2) is 5.65 Å². The molecule has 5 nitrogen and oxygen atoms in total. The first kappa shape index (κ1) is 19.9. The number of carbonyl (C=O) groups excluding carboxylic acids is 1. The molecule has 0 atom stereocenters. The van der Waals surface area contributed by atoms with Crippen LogP contribution in [0, 0.1) is 11.6 Å². The molecule has 0 aliphatic heterocycles. The molecule has 148 valence electrons. The molecule has 28 heavy (non-hydrogen) atoms. The van der Waals surface area contributed by atoms with Crippen molar-refractivity contribution in [3.8, 4) is 0 Å². The second-order valence-corrected chi connectivity index (χ2v) is 7.57. The van der Waals surface area contributed by atoms with E-state index in [0.29, 0.717) is 16.6 Å². The second-order valence-electron chi connectivity index (χ2n) is 7.57. The van der Waals surface area contributed by atoms with Crippen molar-refractivity contribution in [3.63, 3.8) is 0 Å². The third-order valence-corrected chi connectivity index (χ3v) is 4.67. The van der Waals surface area contributed by atoms with Crippen molar-refractivity contribution < 1.29 is 13.6 Å². The Hall–Kier alpha value is -2.83. The van der Waals surface area contributed by atoms with Gasteiger partial charge in [0.05, 0.1) is 17.1 Å². The quantitative estimate of drug-likeness (QED) is 0.639. The minimum absolute atomic E-state index is 0.0318. The summed E-state index contributed by atoms with van der Waals surface area (Å²) in [5.74, 6) is -1.45. The summed E-state index contributed by atoms with van der Waals surface area (Å²) in [4.78, 5) is 19.3. The fourth-order valence-electron chi connectivity index (χ4n) is 3.07. The molecule has 0 aliphatic carbocycles. The Kier molecular flexibility index (Phi) is 5.45. The van der Waals surface area contributed by atoms with Gasteiger partial charge in [0.25, 0.3) is 5.91 Å². The summed E-state index contributed by atoms with van der Waals surface area (Å²) in [7, 11) is 1.60. The second kappa shape index (κ2) is 7.66.